The molecule has 0 N–H and O–H groups in total. The van der Waals surface area contributed by atoms with Crippen LogP contribution in [0.25, 0.3) is 0 Å². The third-order valence-corrected chi connectivity index (χ3v) is 9.28. The van der Waals surface area contributed by atoms with Gasteiger partial charge in [-0.3, -0.25) is 4.79 Å². The molecular formula is C29H38N4O2S. The van der Waals surface area contributed by atoms with Gasteiger partial charge in [-0.25, -0.2) is 9.97 Å². The summed E-state index contributed by atoms with van der Waals surface area (Å²) in [7, 11) is 0. The summed E-state index contributed by atoms with van der Waals surface area (Å²) < 4.78 is 5.88. The summed E-state index contributed by atoms with van der Waals surface area (Å²) in [4.78, 5) is 25.3. The van der Waals surface area contributed by atoms with Gasteiger partial charge >= 0.3 is 0 Å². The maximum atomic E-state index is 12.5. The number of thiazole rings is 1. The van der Waals surface area contributed by atoms with E-state index in [0.717, 1.165) is 73.2 Å². The molecule has 7 heteroatoms. The smallest absolute Gasteiger partial charge is 0.213 e. The number of fused-ring (bicyclic) bond motifs is 1. The van der Waals surface area contributed by atoms with E-state index in [1.54, 1.807) is 11.3 Å². The number of carbonyl (C=O) groups excluding carboxylic acids is 1. The Morgan fingerprint density at radius 2 is 1.97 bits per heavy atom. The lowest BCUT2D eigenvalue weighted by atomic mass is 9.78. The lowest BCUT2D eigenvalue weighted by Gasteiger charge is -2.30. The SMILES string of the molecule is Cc1ncc(CC(=O)CC2CCC(CCN3CCc4ccc(OCC5(C#N)CC5)nc4CC3)CC2)s1. The Labute approximate surface area is 219 Å². The standard InChI is InChI=1S/C29H38N4O2S/c1-21-31-18-26(36-21)17-25(34)16-23-4-2-22(3-5-23)8-13-33-14-9-24-6-7-28(32-27(24)10-15-33)35-20-29(19-30)11-12-29/h6-7,18,22-23H,2-5,8-17,20H2,1H3. The first-order valence-corrected chi connectivity index (χ1v) is 14.5. The van der Waals surface area contributed by atoms with Crippen molar-refractivity contribution in [2.45, 2.75) is 77.6 Å². The van der Waals surface area contributed by atoms with Crippen LogP contribution in [-0.4, -0.2) is 46.9 Å². The maximum Gasteiger partial charge on any atom is 0.213 e. The van der Waals surface area contributed by atoms with Crippen LogP contribution in [0.5, 0.6) is 5.88 Å². The summed E-state index contributed by atoms with van der Waals surface area (Å²) >= 11 is 1.65. The monoisotopic (exact) mass is 506 g/mol. The fraction of sp³-hybridized carbons (Fsp3) is 0.655. The largest absolute Gasteiger partial charge is 0.476 e. The molecule has 2 fully saturated rings. The number of rotatable bonds is 10. The van der Waals surface area contributed by atoms with E-state index >= 15 is 0 Å². The van der Waals surface area contributed by atoms with Gasteiger partial charge in [-0.2, -0.15) is 5.26 Å². The van der Waals surface area contributed by atoms with E-state index in [-0.39, 0.29) is 5.41 Å². The fourth-order valence-corrected chi connectivity index (χ4v) is 6.55. The second kappa shape index (κ2) is 11.4. The Hall–Kier alpha value is -2.30. The molecule has 2 saturated carbocycles. The molecule has 2 aliphatic carbocycles. The molecule has 5 rings (SSSR count). The molecule has 0 bridgehead atoms. The van der Waals surface area contributed by atoms with Gasteiger partial charge in [-0.05, 0) is 69.4 Å². The minimum atomic E-state index is -0.263. The van der Waals surface area contributed by atoms with Gasteiger partial charge in [0.1, 0.15) is 12.4 Å². The highest BCUT2D eigenvalue weighted by molar-refractivity contribution is 7.11. The Morgan fingerprint density at radius 3 is 2.69 bits per heavy atom. The molecule has 0 unspecified atom stereocenters. The van der Waals surface area contributed by atoms with Crippen LogP contribution in [0.1, 0.15) is 72.5 Å². The van der Waals surface area contributed by atoms with Crippen molar-refractivity contribution in [3.8, 4) is 11.9 Å². The fourth-order valence-electron chi connectivity index (χ4n) is 5.73. The number of pyridine rings is 1. The van der Waals surface area contributed by atoms with Gasteiger partial charge in [0.2, 0.25) is 5.88 Å². The summed E-state index contributed by atoms with van der Waals surface area (Å²) in [6.45, 7) is 5.75. The van der Waals surface area contributed by atoms with Gasteiger partial charge < -0.3 is 9.64 Å². The average Bonchev–Trinajstić information content (AvgIpc) is 3.61. The van der Waals surface area contributed by atoms with E-state index < -0.39 is 0 Å². The normalized spacial score (nSPS) is 23.3. The quantitative estimate of drug-likeness (QED) is 0.433. The second-order valence-electron chi connectivity index (χ2n) is 11.2. The molecule has 0 atom stereocenters. The van der Waals surface area contributed by atoms with Crippen molar-refractivity contribution in [2.75, 3.05) is 26.2 Å². The lowest BCUT2D eigenvalue weighted by molar-refractivity contribution is -0.119. The zero-order valence-electron chi connectivity index (χ0n) is 21.5. The molecular weight excluding hydrogens is 468 g/mol. The lowest BCUT2D eigenvalue weighted by Crippen LogP contribution is -2.29. The molecule has 192 valence electrons. The van der Waals surface area contributed by atoms with Crippen molar-refractivity contribution in [3.63, 3.8) is 0 Å². The number of ether oxygens (including phenoxy) is 1. The number of ketones is 1. The van der Waals surface area contributed by atoms with Crippen LogP contribution in [0.4, 0.5) is 0 Å². The Morgan fingerprint density at radius 1 is 1.19 bits per heavy atom. The van der Waals surface area contributed by atoms with Crippen LogP contribution >= 0.6 is 11.3 Å². The molecule has 36 heavy (non-hydrogen) atoms. The number of Topliss-reactive ketones (excluding diaryl/α,β-unsaturated/α-hetero) is 1. The van der Waals surface area contributed by atoms with Gasteiger partial charge in [0, 0.05) is 55.2 Å². The molecule has 0 amide bonds. The summed E-state index contributed by atoms with van der Waals surface area (Å²) in [5.74, 6) is 2.41. The van der Waals surface area contributed by atoms with E-state index in [1.165, 1.54) is 37.7 Å². The van der Waals surface area contributed by atoms with Crippen molar-refractivity contribution in [1.82, 2.24) is 14.9 Å². The number of aryl methyl sites for hydroxylation is 1. The van der Waals surface area contributed by atoms with Gasteiger partial charge in [0.25, 0.3) is 0 Å². The number of nitriles is 1. The van der Waals surface area contributed by atoms with Gasteiger partial charge in [-0.15, -0.1) is 11.3 Å². The molecule has 3 heterocycles. The third-order valence-electron chi connectivity index (χ3n) is 8.37. The number of carbonyl (C=O) groups is 1. The van der Waals surface area contributed by atoms with Crippen molar-refractivity contribution in [2.24, 2.45) is 17.3 Å². The Kier molecular flexibility index (Phi) is 8.03. The molecule has 2 aromatic heterocycles. The van der Waals surface area contributed by atoms with Gasteiger partial charge in [0.15, 0.2) is 0 Å². The topological polar surface area (TPSA) is 79.1 Å². The van der Waals surface area contributed by atoms with Gasteiger partial charge in [-0.1, -0.05) is 18.9 Å². The number of hydrogen-bond donors (Lipinski definition) is 0. The maximum absolute atomic E-state index is 12.5. The summed E-state index contributed by atoms with van der Waals surface area (Å²) in [5.41, 5.74) is 2.24. The highest BCUT2D eigenvalue weighted by Gasteiger charge is 2.44. The predicted molar refractivity (Wildman–Crippen MR) is 141 cm³/mol. The van der Waals surface area contributed by atoms with Crippen LogP contribution in [0.2, 0.25) is 0 Å². The first-order valence-electron chi connectivity index (χ1n) is 13.7. The predicted octanol–water partition coefficient (Wildman–Crippen LogP) is 5.33. The molecule has 0 spiro atoms. The van der Waals surface area contributed by atoms with Crippen molar-refractivity contribution in [1.29, 1.82) is 5.26 Å². The van der Waals surface area contributed by atoms with Crippen LogP contribution < -0.4 is 4.74 Å². The summed E-state index contributed by atoms with van der Waals surface area (Å²) in [5, 5.41) is 10.3. The Bertz CT molecular complexity index is 1090. The zero-order valence-corrected chi connectivity index (χ0v) is 22.3. The highest BCUT2D eigenvalue weighted by Crippen LogP contribution is 2.45. The van der Waals surface area contributed by atoms with Crippen molar-refractivity contribution < 1.29 is 9.53 Å². The molecule has 1 aliphatic heterocycles. The molecule has 0 aromatic carbocycles. The second-order valence-corrected chi connectivity index (χ2v) is 12.5. The van der Waals surface area contributed by atoms with E-state index in [4.69, 9.17) is 9.72 Å². The number of aromatic nitrogens is 2. The van der Waals surface area contributed by atoms with Crippen LogP contribution in [0.15, 0.2) is 18.3 Å². The van der Waals surface area contributed by atoms with Crippen LogP contribution in [-0.2, 0) is 24.1 Å². The van der Waals surface area contributed by atoms with E-state index in [1.807, 2.05) is 19.2 Å². The molecule has 0 saturated heterocycles. The van der Waals surface area contributed by atoms with Crippen LogP contribution in [0, 0.1) is 35.5 Å². The zero-order chi connectivity index (χ0) is 25.0. The molecule has 2 aromatic rings. The minimum Gasteiger partial charge on any atom is -0.476 e. The van der Waals surface area contributed by atoms with Crippen molar-refractivity contribution in [3.05, 3.63) is 39.5 Å². The van der Waals surface area contributed by atoms with Gasteiger partial charge in [0.05, 0.1) is 16.5 Å². The average molecular weight is 507 g/mol. The minimum absolute atomic E-state index is 0.263. The first kappa shape index (κ1) is 25.4. The van der Waals surface area contributed by atoms with E-state index in [0.29, 0.717) is 30.6 Å². The summed E-state index contributed by atoms with van der Waals surface area (Å²) in [6.07, 6.45) is 13.2. The molecule has 6 nitrogen and oxygen atoms in total. The number of nitrogens with zero attached hydrogens (tertiary/aromatic N) is 4. The first-order chi connectivity index (χ1) is 17.5. The van der Waals surface area contributed by atoms with Crippen LogP contribution in [0.3, 0.4) is 0 Å². The van der Waals surface area contributed by atoms with E-state index in [2.05, 4.69) is 22.0 Å². The van der Waals surface area contributed by atoms with Crippen molar-refractivity contribution >= 4 is 17.1 Å². The molecule has 3 aliphatic rings. The number of hydrogen-bond acceptors (Lipinski definition) is 7. The third kappa shape index (κ3) is 6.72. The molecule has 0 radical (unpaired) electrons. The summed E-state index contributed by atoms with van der Waals surface area (Å²) in [6, 6.07) is 6.53. The van der Waals surface area contributed by atoms with E-state index in [9.17, 15) is 10.1 Å². The Balaban J connectivity index is 1.01. The highest BCUT2D eigenvalue weighted by atomic mass is 32.1.